The fourth-order valence-corrected chi connectivity index (χ4v) is 4.92. The number of ether oxygens (including phenoxy) is 1. The van der Waals surface area contributed by atoms with E-state index in [0.29, 0.717) is 59.2 Å². The number of hydrogen-bond donors (Lipinski definition) is 1. The topological polar surface area (TPSA) is 58.9 Å². The lowest BCUT2D eigenvalue weighted by Crippen LogP contribution is -2.29. The van der Waals surface area contributed by atoms with Crippen LogP contribution in [-0.2, 0) is 13.0 Å². The molecule has 0 bridgehead atoms. The standard InChI is InChI=1S/C29H25ClF4N4O2.ClH/c1-2-24-27(38-17-21(30)6-10-26(38)36-24)28(39)35-16-18-3-9-25(23(31)15-18)37-13-11-20(12-14-37)19-4-7-22(8-5-19)40-29(32,33)34;/h3-11,15,17H,2,12-14,16H2,1H3,(H,35,39);1H. The van der Waals surface area contributed by atoms with Crippen molar-refractivity contribution in [3.8, 4) is 5.75 Å². The Morgan fingerprint density at radius 3 is 2.51 bits per heavy atom. The average molecular weight is 609 g/mol. The van der Waals surface area contributed by atoms with E-state index >= 15 is 4.39 Å². The SMILES string of the molecule is CCc1nc2ccc(Cl)cn2c1C(=O)NCc1ccc(N2CC=C(c3ccc(OC(F)(F)F)cc3)CC2)c(F)c1.Cl. The van der Waals surface area contributed by atoms with Crippen LogP contribution in [-0.4, -0.2) is 34.7 Å². The molecule has 4 aromatic rings. The first-order valence-corrected chi connectivity index (χ1v) is 13.0. The number of halogens is 6. The second-order valence-electron chi connectivity index (χ2n) is 9.30. The van der Waals surface area contributed by atoms with Gasteiger partial charge in [-0.3, -0.25) is 9.20 Å². The van der Waals surface area contributed by atoms with Gasteiger partial charge in [0.15, 0.2) is 0 Å². The summed E-state index contributed by atoms with van der Waals surface area (Å²) in [6, 6.07) is 14.0. The molecule has 0 saturated heterocycles. The maximum Gasteiger partial charge on any atom is 0.573 e. The molecule has 41 heavy (non-hydrogen) atoms. The molecule has 12 heteroatoms. The number of aryl methyl sites for hydroxylation is 1. The van der Waals surface area contributed by atoms with Crippen molar-refractivity contribution in [2.75, 3.05) is 18.0 Å². The van der Waals surface area contributed by atoms with E-state index in [1.165, 1.54) is 18.2 Å². The Hall–Kier alpha value is -3.76. The van der Waals surface area contributed by atoms with Gasteiger partial charge < -0.3 is 15.0 Å². The van der Waals surface area contributed by atoms with Crippen LogP contribution in [0.25, 0.3) is 11.2 Å². The molecule has 1 aliphatic heterocycles. The molecule has 6 nitrogen and oxygen atoms in total. The molecule has 0 unspecified atom stereocenters. The lowest BCUT2D eigenvalue weighted by molar-refractivity contribution is -0.274. The van der Waals surface area contributed by atoms with Crippen LogP contribution in [0.3, 0.4) is 0 Å². The molecule has 2 aromatic heterocycles. The van der Waals surface area contributed by atoms with Gasteiger partial charge >= 0.3 is 6.36 Å². The van der Waals surface area contributed by atoms with Crippen LogP contribution < -0.4 is 15.0 Å². The fraction of sp³-hybridized carbons (Fsp3) is 0.241. The van der Waals surface area contributed by atoms with Crippen molar-refractivity contribution < 1.29 is 27.1 Å². The van der Waals surface area contributed by atoms with Gasteiger partial charge in [0.1, 0.15) is 22.9 Å². The summed E-state index contributed by atoms with van der Waals surface area (Å²) in [5.41, 5.74) is 4.46. The summed E-state index contributed by atoms with van der Waals surface area (Å²) in [5.74, 6) is -1.02. The Kier molecular flexibility index (Phi) is 9.14. The minimum Gasteiger partial charge on any atom is -0.406 e. The molecule has 0 fully saturated rings. The van der Waals surface area contributed by atoms with Crippen molar-refractivity contribution in [3.05, 3.63) is 100 Å². The fourth-order valence-electron chi connectivity index (χ4n) is 4.76. The van der Waals surface area contributed by atoms with Crippen LogP contribution in [0.4, 0.5) is 23.2 Å². The lowest BCUT2D eigenvalue weighted by atomic mass is 9.99. The predicted molar refractivity (Wildman–Crippen MR) is 152 cm³/mol. The highest BCUT2D eigenvalue weighted by atomic mass is 35.5. The maximum absolute atomic E-state index is 15.1. The summed E-state index contributed by atoms with van der Waals surface area (Å²) in [7, 11) is 0. The van der Waals surface area contributed by atoms with Crippen LogP contribution in [0, 0.1) is 5.82 Å². The van der Waals surface area contributed by atoms with Crippen molar-refractivity contribution in [1.29, 1.82) is 0 Å². The number of imidazole rings is 1. The molecule has 0 aliphatic carbocycles. The molecule has 5 rings (SSSR count). The van der Waals surface area contributed by atoms with Crippen molar-refractivity contribution in [2.24, 2.45) is 0 Å². The van der Waals surface area contributed by atoms with E-state index in [1.807, 2.05) is 17.9 Å². The molecular formula is C29H26Cl2F4N4O2. The molecule has 1 amide bonds. The number of anilines is 1. The molecule has 0 saturated carbocycles. The van der Waals surface area contributed by atoms with Crippen molar-refractivity contribution in [1.82, 2.24) is 14.7 Å². The van der Waals surface area contributed by atoms with E-state index in [9.17, 15) is 18.0 Å². The summed E-state index contributed by atoms with van der Waals surface area (Å²) in [6.07, 6.45) is 0.00118. The molecule has 0 radical (unpaired) electrons. The Balaban J connectivity index is 0.00000387. The Morgan fingerprint density at radius 1 is 1.12 bits per heavy atom. The normalized spacial score (nSPS) is 13.5. The third-order valence-electron chi connectivity index (χ3n) is 6.68. The number of benzene rings is 2. The second-order valence-corrected chi connectivity index (χ2v) is 9.74. The first-order valence-electron chi connectivity index (χ1n) is 12.6. The smallest absolute Gasteiger partial charge is 0.406 e. The van der Waals surface area contributed by atoms with Crippen molar-refractivity contribution in [2.45, 2.75) is 32.7 Å². The third-order valence-corrected chi connectivity index (χ3v) is 6.90. The highest BCUT2D eigenvalue weighted by molar-refractivity contribution is 6.30. The van der Waals surface area contributed by atoms with Crippen LogP contribution in [0.1, 0.15) is 40.7 Å². The molecule has 1 aliphatic rings. The van der Waals surface area contributed by atoms with Gasteiger partial charge in [-0.25, -0.2) is 9.37 Å². The highest BCUT2D eigenvalue weighted by Crippen LogP contribution is 2.30. The van der Waals surface area contributed by atoms with Gasteiger partial charge in [0, 0.05) is 25.8 Å². The number of hydrogen-bond acceptors (Lipinski definition) is 4. The number of pyridine rings is 1. The largest absolute Gasteiger partial charge is 0.573 e. The zero-order valence-electron chi connectivity index (χ0n) is 21.8. The summed E-state index contributed by atoms with van der Waals surface area (Å²) in [5, 5.41) is 3.33. The number of rotatable bonds is 7. The Labute approximate surface area is 245 Å². The highest BCUT2D eigenvalue weighted by Gasteiger charge is 2.31. The Morgan fingerprint density at radius 2 is 1.88 bits per heavy atom. The number of carbonyl (C=O) groups is 1. The van der Waals surface area contributed by atoms with Crippen molar-refractivity contribution in [3.63, 3.8) is 0 Å². The van der Waals surface area contributed by atoms with Gasteiger partial charge in [0.25, 0.3) is 5.91 Å². The molecule has 216 valence electrons. The van der Waals surface area contributed by atoms with Gasteiger partial charge in [-0.15, -0.1) is 25.6 Å². The van der Waals surface area contributed by atoms with Crippen LogP contribution >= 0.6 is 24.0 Å². The van der Waals surface area contributed by atoms with Gasteiger partial charge in [-0.2, -0.15) is 0 Å². The monoisotopic (exact) mass is 608 g/mol. The average Bonchev–Trinajstić information content (AvgIpc) is 3.29. The van der Waals surface area contributed by atoms with Gasteiger partial charge in [0.05, 0.1) is 16.4 Å². The van der Waals surface area contributed by atoms with Crippen LogP contribution in [0.15, 0.2) is 66.9 Å². The first kappa shape index (κ1) is 30.2. The predicted octanol–water partition coefficient (Wildman–Crippen LogP) is 7.23. The number of nitrogens with one attached hydrogen (secondary N) is 1. The van der Waals surface area contributed by atoms with Gasteiger partial charge in [0.2, 0.25) is 0 Å². The summed E-state index contributed by atoms with van der Waals surface area (Å²) in [4.78, 5) is 19.4. The summed E-state index contributed by atoms with van der Waals surface area (Å²) >= 11 is 6.11. The number of fused-ring (bicyclic) bond motifs is 1. The molecule has 0 spiro atoms. The van der Waals surface area contributed by atoms with Crippen LogP contribution in [0.2, 0.25) is 5.02 Å². The van der Waals surface area contributed by atoms with E-state index in [0.717, 1.165) is 11.1 Å². The van der Waals surface area contributed by atoms with E-state index in [1.54, 1.807) is 47.0 Å². The molecule has 1 N–H and O–H groups in total. The summed E-state index contributed by atoms with van der Waals surface area (Å²) in [6.45, 7) is 3.03. The molecule has 3 heterocycles. The minimum absolute atomic E-state index is 0. The van der Waals surface area contributed by atoms with Crippen molar-refractivity contribution >= 4 is 46.8 Å². The quantitative estimate of drug-likeness (QED) is 0.225. The van der Waals surface area contributed by atoms with E-state index in [4.69, 9.17) is 11.6 Å². The van der Waals surface area contributed by atoms with E-state index in [-0.39, 0.29) is 30.6 Å². The van der Waals surface area contributed by atoms with Gasteiger partial charge in [-0.05, 0) is 65.9 Å². The van der Waals surface area contributed by atoms with Crippen LogP contribution in [0.5, 0.6) is 5.75 Å². The number of amides is 1. The summed E-state index contributed by atoms with van der Waals surface area (Å²) < 4.78 is 57.8. The molecular weight excluding hydrogens is 583 g/mol. The molecule has 2 aromatic carbocycles. The number of nitrogens with zero attached hydrogens (tertiary/aromatic N) is 3. The third kappa shape index (κ3) is 6.94. The van der Waals surface area contributed by atoms with Gasteiger partial charge in [-0.1, -0.05) is 42.8 Å². The molecule has 0 atom stereocenters. The zero-order chi connectivity index (χ0) is 28.4. The Bertz CT molecular complexity index is 1590. The maximum atomic E-state index is 15.1. The lowest BCUT2D eigenvalue weighted by Gasteiger charge is -2.29. The zero-order valence-corrected chi connectivity index (χ0v) is 23.4. The second kappa shape index (κ2) is 12.4. The van der Waals surface area contributed by atoms with E-state index < -0.39 is 12.2 Å². The number of carbonyl (C=O) groups excluding carboxylic acids is 1. The first-order chi connectivity index (χ1) is 19.1. The van der Waals surface area contributed by atoms with E-state index in [2.05, 4.69) is 15.0 Å². The number of aromatic nitrogens is 2. The minimum atomic E-state index is -4.74. The number of alkyl halides is 3.